The van der Waals surface area contributed by atoms with Crippen LogP contribution in [0.1, 0.15) is 43.3 Å². The molecule has 1 aromatic heterocycles. The van der Waals surface area contributed by atoms with Crippen molar-refractivity contribution in [1.29, 1.82) is 0 Å². The van der Waals surface area contributed by atoms with Gasteiger partial charge in [-0.3, -0.25) is 0 Å². The second-order valence-corrected chi connectivity index (χ2v) is 7.10. The lowest BCUT2D eigenvalue weighted by molar-refractivity contribution is 0.171. The first-order valence-electron chi connectivity index (χ1n) is 6.49. The highest BCUT2D eigenvalue weighted by Crippen LogP contribution is 2.37. The smallest absolute Gasteiger partial charge is 0.107 e. The number of nitrogens with two attached hydrogens (primary N) is 1. The lowest BCUT2D eigenvalue weighted by Crippen LogP contribution is -2.43. The minimum absolute atomic E-state index is 0.252. The number of rotatable bonds is 2. The maximum absolute atomic E-state index is 5.68. The number of aromatic nitrogens is 1. The molecule has 2 N–H and O–H groups in total. The Balaban J connectivity index is 2.28. The molecule has 0 aliphatic carbocycles. The zero-order valence-electron chi connectivity index (χ0n) is 11.8. The molecule has 2 heterocycles. The van der Waals surface area contributed by atoms with Crippen molar-refractivity contribution >= 4 is 17.0 Å². The molecular weight excluding hydrogens is 242 g/mol. The first kappa shape index (κ1) is 13.6. The Morgan fingerprint density at radius 2 is 2.17 bits per heavy atom. The van der Waals surface area contributed by atoms with Crippen LogP contribution < -0.4 is 5.73 Å². The standard InChI is InChI=1S/C14H23N3S/c1-9-13-11(16-12(8-15)18-13)6-7-17(9)10(2)14(3,4)5/h10H,1,6-8,15H2,2-5H3/t10-/m1/s1. The summed E-state index contributed by atoms with van der Waals surface area (Å²) in [5.41, 5.74) is 8.23. The lowest BCUT2D eigenvalue weighted by atomic mass is 9.86. The van der Waals surface area contributed by atoms with E-state index in [0.29, 0.717) is 12.6 Å². The Hall–Kier alpha value is -0.870. The van der Waals surface area contributed by atoms with Crippen molar-refractivity contribution in [1.82, 2.24) is 9.88 Å². The zero-order chi connectivity index (χ0) is 13.5. The summed E-state index contributed by atoms with van der Waals surface area (Å²) in [4.78, 5) is 8.23. The monoisotopic (exact) mass is 265 g/mol. The molecular formula is C14H23N3S. The molecule has 0 saturated carbocycles. The van der Waals surface area contributed by atoms with Crippen LogP contribution in [-0.4, -0.2) is 22.5 Å². The van der Waals surface area contributed by atoms with Crippen LogP contribution in [0, 0.1) is 5.41 Å². The fourth-order valence-corrected chi connectivity index (χ4v) is 3.25. The minimum Gasteiger partial charge on any atom is -0.367 e. The first-order chi connectivity index (χ1) is 8.34. The van der Waals surface area contributed by atoms with Gasteiger partial charge in [0, 0.05) is 31.2 Å². The summed E-state index contributed by atoms with van der Waals surface area (Å²) in [7, 11) is 0. The number of hydrogen-bond acceptors (Lipinski definition) is 4. The van der Waals surface area contributed by atoms with Crippen LogP contribution in [0.3, 0.4) is 0 Å². The highest BCUT2D eigenvalue weighted by atomic mass is 32.1. The van der Waals surface area contributed by atoms with Crippen LogP contribution in [0.4, 0.5) is 0 Å². The Morgan fingerprint density at radius 1 is 1.50 bits per heavy atom. The molecule has 0 amide bonds. The molecule has 1 aromatic rings. The van der Waals surface area contributed by atoms with Crippen molar-refractivity contribution in [3.63, 3.8) is 0 Å². The Bertz CT molecular complexity index is 456. The van der Waals surface area contributed by atoms with Crippen LogP contribution in [0.25, 0.3) is 5.70 Å². The van der Waals surface area contributed by atoms with Gasteiger partial charge in [-0.1, -0.05) is 27.4 Å². The van der Waals surface area contributed by atoms with Gasteiger partial charge in [0.2, 0.25) is 0 Å². The summed E-state index contributed by atoms with van der Waals surface area (Å²) in [5.74, 6) is 0. The third-order valence-electron chi connectivity index (χ3n) is 3.84. The Morgan fingerprint density at radius 3 is 2.72 bits per heavy atom. The second kappa shape index (κ2) is 4.67. The molecule has 0 spiro atoms. The van der Waals surface area contributed by atoms with E-state index in [9.17, 15) is 0 Å². The molecule has 4 heteroatoms. The van der Waals surface area contributed by atoms with Gasteiger partial charge >= 0.3 is 0 Å². The van der Waals surface area contributed by atoms with Gasteiger partial charge < -0.3 is 10.6 Å². The minimum atomic E-state index is 0.252. The molecule has 18 heavy (non-hydrogen) atoms. The number of thiazole rings is 1. The molecule has 3 nitrogen and oxygen atoms in total. The summed E-state index contributed by atoms with van der Waals surface area (Å²) in [6, 6.07) is 0.474. The van der Waals surface area contributed by atoms with Gasteiger partial charge in [-0.05, 0) is 12.3 Å². The molecule has 0 radical (unpaired) electrons. The van der Waals surface area contributed by atoms with Crippen molar-refractivity contribution in [2.75, 3.05) is 6.54 Å². The summed E-state index contributed by atoms with van der Waals surface area (Å²) >= 11 is 1.70. The van der Waals surface area contributed by atoms with Gasteiger partial charge in [0.15, 0.2) is 0 Å². The van der Waals surface area contributed by atoms with Gasteiger partial charge in [0.05, 0.1) is 10.6 Å². The quantitative estimate of drug-likeness (QED) is 0.894. The molecule has 0 aromatic carbocycles. The summed E-state index contributed by atoms with van der Waals surface area (Å²) in [6.45, 7) is 14.9. The van der Waals surface area contributed by atoms with Gasteiger partial charge in [-0.25, -0.2) is 4.98 Å². The highest BCUT2D eigenvalue weighted by Gasteiger charge is 2.32. The molecule has 1 aliphatic rings. The zero-order valence-corrected chi connectivity index (χ0v) is 12.6. The maximum atomic E-state index is 5.68. The molecule has 100 valence electrons. The average Bonchev–Trinajstić information content (AvgIpc) is 2.71. The summed E-state index contributed by atoms with van der Waals surface area (Å²) in [5, 5.41) is 1.02. The highest BCUT2D eigenvalue weighted by molar-refractivity contribution is 7.12. The number of fused-ring (bicyclic) bond motifs is 1. The van der Waals surface area contributed by atoms with Crippen LogP contribution >= 0.6 is 11.3 Å². The van der Waals surface area contributed by atoms with Crippen LogP contribution in [0.2, 0.25) is 0 Å². The van der Waals surface area contributed by atoms with Crippen molar-refractivity contribution in [2.45, 2.75) is 46.7 Å². The fraction of sp³-hybridized carbons (Fsp3) is 0.643. The third-order valence-corrected chi connectivity index (χ3v) is 5.00. The van der Waals surface area contributed by atoms with E-state index in [1.165, 1.54) is 10.6 Å². The SMILES string of the molecule is C=C1c2sc(CN)nc2CCN1[C@H](C)C(C)(C)C. The van der Waals surface area contributed by atoms with Crippen molar-refractivity contribution < 1.29 is 0 Å². The van der Waals surface area contributed by atoms with Gasteiger partial charge in [-0.2, -0.15) is 0 Å². The topological polar surface area (TPSA) is 42.1 Å². The van der Waals surface area contributed by atoms with E-state index < -0.39 is 0 Å². The van der Waals surface area contributed by atoms with E-state index in [4.69, 9.17) is 5.73 Å². The molecule has 0 saturated heterocycles. The summed E-state index contributed by atoms with van der Waals surface area (Å²) < 4.78 is 0. The molecule has 1 aliphatic heterocycles. The number of nitrogens with zero attached hydrogens (tertiary/aromatic N) is 2. The summed E-state index contributed by atoms with van der Waals surface area (Å²) in [6.07, 6.45) is 1.01. The van der Waals surface area contributed by atoms with Crippen molar-refractivity contribution in [3.8, 4) is 0 Å². The Labute approximate surface area is 114 Å². The lowest BCUT2D eigenvalue weighted by Gasteiger charge is -2.42. The van der Waals surface area contributed by atoms with Crippen molar-refractivity contribution in [3.05, 3.63) is 22.2 Å². The van der Waals surface area contributed by atoms with E-state index in [1.54, 1.807) is 11.3 Å². The Kier molecular flexibility index (Phi) is 3.52. The van der Waals surface area contributed by atoms with Crippen LogP contribution in [0.15, 0.2) is 6.58 Å². The van der Waals surface area contributed by atoms with E-state index >= 15 is 0 Å². The molecule has 2 rings (SSSR count). The largest absolute Gasteiger partial charge is 0.367 e. The normalized spacial score (nSPS) is 17.8. The van der Waals surface area contributed by atoms with Crippen LogP contribution in [0.5, 0.6) is 0 Å². The van der Waals surface area contributed by atoms with Gasteiger partial charge in [0.25, 0.3) is 0 Å². The van der Waals surface area contributed by atoms with Crippen molar-refractivity contribution in [2.24, 2.45) is 11.1 Å². The predicted octanol–water partition coefficient (Wildman–Crippen LogP) is 2.87. The van der Waals surface area contributed by atoms with E-state index in [-0.39, 0.29) is 5.41 Å². The van der Waals surface area contributed by atoms with E-state index in [2.05, 4.69) is 44.2 Å². The number of hydrogen-bond donors (Lipinski definition) is 1. The fourth-order valence-electron chi connectivity index (χ4n) is 2.27. The molecule has 0 fully saturated rings. The molecule has 1 atom stereocenters. The van der Waals surface area contributed by atoms with E-state index in [0.717, 1.165) is 23.7 Å². The first-order valence-corrected chi connectivity index (χ1v) is 7.30. The second-order valence-electron chi connectivity index (χ2n) is 6.02. The van der Waals surface area contributed by atoms with Gasteiger partial charge in [-0.15, -0.1) is 11.3 Å². The predicted molar refractivity (Wildman–Crippen MR) is 78.4 cm³/mol. The third kappa shape index (κ3) is 2.31. The molecule has 0 bridgehead atoms. The van der Waals surface area contributed by atoms with Crippen LogP contribution in [-0.2, 0) is 13.0 Å². The van der Waals surface area contributed by atoms with E-state index in [1.807, 2.05) is 0 Å². The molecule has 0 unspecified atom stereocenters. The maximum Gasteiger partial charge on any atom is 0.107 e. The van der Waals surface area contributed by atoms with Gasteiger partial charge in [0.1, 0.15) is 5.01 Å². The average molecular weight is 265 g/mol.